The van der Waals surface area contributed by atoms with Crippen LogP contribution >= 0.6 is 0 Å². The fraction of sp³-hybridized carbons (Fsp3) is 0.875. The second-order valence-corrected chi connectivity index (χ2v) is 3.07. The van der Waals surface area contributed by atoms with Gasteiger partial charge in [0.25, 0.3) is 0 Å². The van der Waals surface area contributed by atoms with Crippen molar-refractivity contribution in [2.24, 2.45) is 0 Å². The monoisotopic (exact) mass is 174 g/mol. The maximum absolute atomic E-state index is 10.2. The van der Waals surface area contributed by atoms with Crippen LogP contribution in [0.25, 0.3) is 0 Å². The molecule has 4 nitrogen and oxygen atoms in total. The third-order valence-corrected chi connectivity index (χ3v) is 2.03. The standard InChI is InChI=1S/C8H14O4/c9-6(5-8(10)11)7-3-1-2-4-12-7/h6-7,9H,1-5H2,(H,10,11)/t6-,7?/m0/s1. The molecule has 0 bridgehead atoms. The molecule has 1 aliphatic rings. The third kappa shape index (κ3) is 2.79. The molecule has 0 radical (unpaired) electrons. The van der Waals surface area contributed by atoms with Gasteiger partial charge in [0.15, 0.2) is 0 Å². The van der Waals surface area contributed by atoms with Gasteiger partial charge in [0.2, 0.25) is 0 Å². The van der Waals surface area contributed by atoms with Crippen LogP contribution in [0.4, 0.5) is 0 Å². The molecule has 0 aliphatic carbocycles. The number of carboxylic acids is 1. The summed E-state index contributed by atoms with van der Waals surface area (Å²) in [5.74, 6) is -0.975. The van der Waals surface area contributed by atoms with Crippen molar-refractivity contribution in [1.29, 1.82) is 0 Å². The summed E-state index contributed by atoms with van der Waals surface area (Å²) in [6, 6.07) is 0. The fourth-order valence-corrected chi connectivity index (χ4v) is 1.38. The van der Waals surface area contributed by atoms with E-state index in [9.17, 15) is 9.90 Å². The molecule has 0 aromatic carbocycles. The lowest BCUT2D eigenvalue weighted by atomic mass is 10.0. The van der Waals surface area contributed by atoms with Crippen molar-refractivity contribution < 1.29 is 19.7 Å². The van der Waals surface area contributed by atoms with E-state index >= 15 is 0 Å². The Morgan fingerprint density at radius 3 is 2.83 bits per heavy atom. The zero-order valence-corrected chi connectivity index (χ0v) is 6.90. The minimum absolute atomic E-state index is 0.218. The number of ether oxygens (including phenoxy) is 1. The van der Waals surface area contributed by atoms with Crippen molar-refractivity contribution in [3.63, 3.8) is 0 Å². The van der Waals surface area contributed by atoms with Crippen molar-refractivity contribution in [2.75, 3.05) is 6.61 Å². The van der Waals surface area contributed by atoms with Gasteiger partial charge >= 0.3 is 5.97 Å². The minimum atomic E-state index is -0.975. The van der Waals surface area contributed by atoms with E-state index in [1.165, 1.54) is 0 Å². The van der Waals surface area contributed by atoms with E-state index < -0.39 is 12.1 Å². The summed E-state index contributed by atoms with van der Waals surface area (Å²) in [4.78, 5) is 10.2. The highest BCUT2D eigenvalue weighted by atomic mass is 16.5. The molecule has 1 rings (SSSR count). The van der Waals surface area contributed by atoms with Gasteiger partial charge in [-0.3, -0.25) is 4.79 Å². The van der Waals surface area contributed by atoms with Gasteiger partial charge in [-0.05, 0) is 19.3 Å². The highest BCUT2D eigenvalue weighted by molar-refractivity contribution is 5.67. The topological polar surface area (TPSA) is 66.8 Å². The predicted octanol–water partition coefficient (Wildman–Crippen LogP) is 0.391. The van der Waals surface area contributed by atoms with Gasteiger partial charge in [0.1, 0.15) is 0 Å². The van der Waals surface area contributed by atoms with Gasteiger partial charge in [-0.25, -0.2) is 0 Å². The van der Waals surface area contributed by atoms with Gasteiger partial charge in [-0.2, -0.15) is 0 Å². The molecule has 12 heavy (non-hydrogen) atoms. The number of rotatable bonds is 3. The number of aliphatic hydroxyl groups is 1. The van der Waals surface area contributed by atoms with E-state index in [-0.39, 0.29) is 12.5 Å². The van der Waals surface area contributed by atoms with Crippen LogP contribution in [0.15, 0.2) is 0 Å². The first-order chi connectivity index (χ1) is 5.70. The van der Waals surface area contributed by atoms with Crippen LogP contribution in [0.2, 0.25) is 0 Å². The van der Waals surface area contributed by atoms with E-state index in [2.05, 4.69) is 0 Å². The first-order valence-corrected chi connectivity index (χ1v) is 4.21. The molecule has 0 amide bonds. The second kappa shape index (κ2) is 4.42. The van der Waals surface area contributed by atoms with Crippen molar-refractivity contribution in [2.45, 2.75) is 37.9 Å². The van der Waals surface area contributed by atoms with E-state index in [1.807, 2.05) is 0 Å². The molecular formula is C8H14O4. The molecule has 1 saturated heterocycles. The van der Waals surface area contributed by atoms with E-state index in [1.54, 1.807) is 0 Å². The molecule has 0 spiro atoms. The molecule has 1 heterocycles. The molecule has 1 unspecified atom stereocenters. The Kier molecular flexibility index (Phi) is 3.49. The van der Waals surface area contributed by atoms with Crippen molar-refractivity contribution in [3.05, 3.63) is 0 Å². The van der Waals surface area contributed by atoms with Crippen LogP contribution in [0.3, 0.4) is 0 Å². The molecule has 0 saturated carbocycles. The average Bonchev–Trinajstić information content (AvgIpc) is 2.05. The molecule has 0 aromatic rings. The van der Waals surface area contributed by atoms with Crippen LogP contribution in [-0.2, 0) is 9.53 Å². The fourth-order valence-electron chi connectivity index (χ4n) is 1.38. The third-order valence-electron chi connectivity index (χ3n) is 2.03. The quantitative estimate of drug-likeness (QED) is 0.649. The van der Waals surface area contributed by atoms with Gasteiger partial charge in [0, 0.05) is 6.61 Å². The first-order valence-electron chi connectivity index (χ1n) is 4.21. The van der Waals surface area contributed by atoms with E-state index in [4.69, 9.17) is 9.84 Å². The maximum Gasteiger partial charge on any atom is 0.306 e. The Labute approximate surface area is 71.2 Å². The van der Waals surface area contributed by atoms with E-state index in [0.29, 0.717) is 6.61 Å². The van der Waals surface area contributed by atoms with Crippen LogP contribution in [0, 0.1) is 0 Å². The zero-order chi connectivity index (χ0) is 8.97. The number of hydrogen-bond acceptors (Lipinski definition) is 3. The number of aliphatic hydroxyl groups excluding tert-OH is 1. The molecule has 2 N–H and O–H groups in total. The van der Waals surface area contributed by atoms with Crippen LogP contribution in [0.1, 0.15) is 25.7 Å². The lowest BCUT2D eigenvalue weighted by molar-refractivity contribution is -0.143. The minimum Gasteiger partial charge on any atom is -0.481 e. The Bertz CT molecular complexity index is 151. The molecule has 70 valence electrons. The predicted molar refractivity (Wildman–Crippen MR) is 41.9 cm³/mol. The smallest absolute Gasteiger partial charge is 0.306 e. The normalized spacial score (nSPS) is 26.6. The van der Waals surface area contributed by atoms with Gasteiger partial charge in [-0.15, -0.1) is 0 Å². The SMILES string of the molecule is O=C(O)C[C@H](O)C1CCCCO1. The number of carboxylic acid groups (broad SMARTS) is 1. The summed E-state index contributed by atoms with van der Waals surface area (Å²) >= 11 is 0. The maximum atomic E-state index is 10.2. The molecular weight excluding hydrogens is 160 g/mol. The van der Waals surface area contributed by atoms with Crippen LogP contribution < -0.4 is 0 Å². The summed E-state index contributed by atoms with van der Waals surface area (Å²) in [5, 5.41) is 17.7. The van der Waals surface area contributed by atoms with E-state index in [0.717, 1.165) is 19.3 Å². The first kappa shape index (κ1) is 9.48. The largest absolute Gasteiger partial charge is 0.481 e. The Morgan fingerprint density at radius 2 is 2.33 bits per heavy atom. The average molecular weight is 174 g/mol. The van der Waals surface area contributed by atoms with Gasteiger partial charge in [-0.1, -0.05) is 0 Å². The molecule has 0 aromatic heterocycles. The zero-order valence-electron chi connectivity index (χ0n) is 6.90. The number of aliphatic carboxylic acids is 1. The molecule has 1 fully saturated rings. The van der Waals surface area contributed by atoms with Gasteiger partial charge in [0.05, 0.1) is 18.6 Å². The van der Waals surface area contributed by atoms with Gasteiger partial charge < -0.3 is 14.9 Å². The van der Waals surface area contributed by atoms with Crippen molar-refractivity contribution in [1.82, 2.24) is 0 Å². The number of carbonyl (C=O) groups is 1. The Morgan fingerprint density at radius 1 is 1.58 bits per heavy atom. The summed E-state index contributed by atoms with van der Waals surface area (Å²) < 4.78 is 5.23. The molecule has 2 atom stereocenters. The lowest BCUT2D eigenvalue weighted by Gasteiger charge is -2.25. The summed E-state index contributed by atoms with van der Waals surface area (Å²) in [5.41, 5.74) is 0. The van der Waals surface area contributed by atoms with Crippen LogP contribution in [-0.4, -0.2) is 35.0 Å². The highest BCUT2D eigenvalue weighted by Crippen LogP contribution is 2.17. The second-order valence-electron chi connectivity index (χ2n) is 3.07. The highest BCUT2D eigenvalue weighted by Gasteiger charge is 2.24. The summed E-state index contributed by atoms with van der Waals surface area (Å²) in [6.07, 6.45) is 1.47. The number of hydrogen-bond donors (Lipinski definition) is 2. The Hall–Kier alpha value is -0.610. The van der Waals surface area contributed by atoms with Crippen molar-refractivity contribution >= 4 is 5.97 Å². The molecule has 1 aliphatic heterocycles. The van der Waals surface area contributed by atoms with Crippen LogP contribution in [0.5, 0.6) is 0 Å². The Balaban J connectivity index is 2.29. The lowest BCUT2D eigenvalue weighted by Crippen LogP contribution is -2.33. The summed E-state index contributed by atoms with van der Waals surface area (Å²) in [6.45, 7) is 0.640. The van der Waals surface area contributed by atoms with Crippen molar-refractivity contribution in [3.8, 4) is 0 Å². The summed E-state index contributed by atoms with van der Waals surface area (Å²) in [7, 11) is 0. The molecule has 4 heteroatoms.